The highest BCUT2D eigenvalue weighted by Crippen LogP contribution is 2.36. The number of ketones is 1. The van der Waals surface area contributed by atoms with Crippen molar-refractivity contribution in [3.63, 3.8) is 0 Å². The van der Waals surface area contributed by atoms with Crippen LogP contribution in [0.2, 0.25) is 4.34 Å². The van der Waals surface area contributed by atoms with E-state index in [1.807, 2.05) is 11.4 Å². The summed E-state index contributed by atoms with van der Waals surface area (Å²) in [6, 6.07) is 1.96. The van der Waals surface area contributed by atoms with Crippen molar-refractivity contribution >= 4 is 28.7 Å². The molecule has 58 valence electrons. The molecule has 0 saturated heterocycles. The number of carbonyl (C=O) groups is 1. The third kappa shape index (κ3) is 1.33. The molecule has 0 aliphatic heterocycles. The maximum absolute atomic E-state index is 10.7. The van der Waals surface area contributed by atoms with E-state index in [-0.39, 0.29) is 0 Å². The van der Waals surface area contributed by atoms with Gasteiger partial charge in [0.2, 0.25) is 0 Å². The first-order chi connectivity index (χ1) is 5.25. The van der Waals surface area contributed by atoms with Gasteiger partial charge in [0.25, 0.3) is 0 Å². The summed E-state index contributed by atoms with van der Waals surface area (Å²) in [4.78, 5) is 10.7. The SMILES string of the molecule is O=C1CC(c2csc(Cl)c2)C1. The lowest BCUT2D eigenvalue weighted by atomic mass is 9.80. The van der Waals surface area contributed by atoms with Gasteiger partial charge in [-0.1, -0.05) is 11.6 Å². The Morgan fingerprint density at radius 1 is 1.55 bits per heavy atom. The second-order valence-corrected chi connectivity index (χ2v) is 4.37. The summed E-state index contributed by atoms with van der Waals surface area (Å²) in [5, 5.41) is 2.04. The first kappa shape index (κ1) is 7.32. The normalized spacial score (nSPS) is 18.5. The van der Waals surface area contributed by atoms with Crippen LogP contribution in [0.15, 0.2) is 11.4 Å². The fourth-order valence-electron chi connectivity index (χ4n) is 1.26. The number of Topliss-reactive ketones (excluding diaryl/α,β-unsaturated/α-hetero) is 1. The molecule has 1 fully saturated rings. The molecule has 1 nitrogen and oxygen atoms in total. The van der Waals surface area contributed by atoms with Crippen molar-refractivity contribution in [1.82, 2.24) is 0 Å². The van der Waals surface area contributed by atoms with Crippen molar-refractivity contribution in [3.05, 3.63) is 21.3 Å². The van der Waals surface area contributed by atoms with Crippen LogP contribution in [0.4, 0.5) is 0 Å². The Morgan fingerprint density at radius 3 is 2.73 bits per heavy atom. The predicted molar refractivity (Wildman–Crippen MR) is 46.3 cm³/mol. The summed E-state index contributed by atoms with van der Waals surface area (Å²) >= 11 is 7.29. The molecule has 0 N–H and O–H groups in total. The lowest BCUT2D eigenvalue weighted by Gasteiger charge is -2.22. The minimum Gasteiger partial charge on any atom is -0.300 e. The Morgan fingerprint density at radius 2 is 2.27 bits per heavy atom. The average Bonchev–Trinajstić information content (AvgIpc) is 2.29. The van der Waals surface area contributed by atoms with E-state index in [0.29, 0.717) is 24.5 Å². The highest BCUT2D eigenvalue weighted by molar-refractivity contribution is 7.14. The number of hydrogen-bond acceptors (Lipinski definition) is 2. The Hall–Kier alpha value is -0.340. The molecule has 2 rings (SSSR count). The van der Waals surface area contributed by atoms with Crippen molar-refractivity contribution in [2.45, 2.75) is 18.8 Å². The third-order valence-corrected chi connectivity index (χ3v) is 3.12. The number of rotatable bonds is 1. The molecule has 11 heavy (non-hydrogen) atoms. The largest absolute Gasteiger partial charge is 0.300 e. The number of halogens is 1. The molecule has 0 spiro atoms. The smallest absolute Gasteiger partial charge is 0.134 e. The molecule has 1 aliphatic rings. The van der Waals surface area contributed by atoms with Crippen LogP contribution in [-0.2, 0) is 4.79 Å². The molecule has 0 atom stereocenters. The average molecular weight is 187 g/mol. The summed E-state index contributed by atoms with van der Waals surface area (Å²) in [7, 11) is 0. The van der Waals surface area contributed by atoms with Gasteiger partial charge in [-0.25, -0.2) is 0 Å². The Balaban J connectivity index is 2.12. The minimum atomic E-state index is 0.373. The molecule has 3 heteroatoms. The molecule has 1 heterocycles. The molecule has 0 amide bonds. The summed E-state index contributed by atoms with van der Waals surface area (Å²) < 4.78 is 0.819. The van der Waals surface area contributed by atoms with Gasteiger partial charge in [0.15, 0.2) is 0 Å². The highest BCUT2D eigenvalue weighted by Gasteiger charge is 2.28. The van der Waals surface area contributed by atoms with Crippen molar-refractivity contribution in [1.29, 1.82) is 0 Å². The molecular formula is C8H7ClOS. The fraction of sp³-hybridized carbons (Fsp3) is 0.375. The van der Waals surface area contributed by atoms with Crippen LogP contribution in [0.5, 0.6) is 0 Å². The standard InChI is InChI=1S/C8H7ClOS/c9-8-3-6(4-11-8)5-1-7(10)2-5/h3-5H,1-2H2. The van der Waals surface area contributed by atoms with E-state index < -0.39 is 0 Å². The van der Waals surface area contributed by atoms with E-state index in [0.717, 1.165) is 4.34 Å². The molecule has 1 aromatic heterocycles. The molecular weight excluding hydrogens is 180 g/mol. The zero-order valence-corrected chi connectivity index (χ0v) is 7.41. The van der Waals surface area contributed by atoms with Crippen LogP contribution in [0.25, 0.3) is 0 Å². The third-order valence-electron chi connectivity index (χ3n) is 2.01. The first-order valence-electron chi connectivity index (χ1n) is 3.51. The summed E-state index contributed by atoms with van der Waals surface area (Å²) in [6.45, 7) is 0. The van der Waals surface area contributed by atoms with E-state index in [9.17, 15) is 4.79 Å². The first-order valence-corrected chi connectivity index (χ1v) is 4.77. The molecule has 0 bridgehead atoms. The van der Waals surface area contributed by atoms with Gasteiger partial charge < -0.3 is 0 Å². The van der Waals surface area contributed by atoms with Crippen molar-refractivity contribution in [3.8, 4) is 0 Å². The Kier molecular flexibility index (Phi) is 1.74. The van der Waals surface area contributed by atoms with E-state index >= 15 is 0 Å². The molecule has 0 radical (unpaired) electrons. The maximum atomic E-state index is 10.7. The lowest BCUT2D eigenvalue weighted by molar-refractivity contribution is -0.124. The lowest BCUT2D eigenvalue weighted by Crippen LogP contribution is -2.20. The predicted octanol–water partition coefficient (Wildman–Crippen LogP) is 2.85. The van der Waals surface area contributed by atoms with Crippen molar-refractivity contribution in [2.75, 3.05) is 0 Å². The second kappa shape index (κ2) is 2.61. The van der Waals surface area contributed by atoms with Crippen LogP contribution in [0.3, 0.4) is 0 Å². The topological polar surface area (TPSA) is 17.1 Å². The molecule has 0 unspecified atom stereocenters. The summed E-state index contributed by atoms with van der Waals surface area (Å²) in [6.07, 6.45) is 1.43. The van der Waals surface area contributed by atoms with E-state index in [4.69, 9.17) is 11.6 Å². The fourth-order valence-corrected chi connectivity index (χ4v) is 2.24. The number of hydrogen-bond donors (Lipinski definition) is 0. The zero-order valence-electron chi connectivity index (χ0n) is 5.84. The van der Waals surface area contributed by atoms with Crippen molar-refractivity contribution < 1.29 is 4.79 Å². The summed E-state index contributed by atoms with van der Waals surface area (Å²) in [5.41, 5.74) is 1.24. The second-order valence-electron chi connectivity index (χ2n) is 2.83. The van der Waals surface area contributed by atoms with Gasteiger partial charge in [-0.15, -0.1) is 11.3 Å². The van der Waals surface area contributed by atoms with E-state index in [1.54, 1.807) is 0 Å². The number of thiophene rings is 1. The van der Waals surface area contributed by atoms with Crippen LogP contribution >= 0.6 is 22.9 Å². The van der Waals surface area contributed by atoms with Crippen LogP contribution < -0.4 is 0 Å². The maximum Gasteiger partial charge on any atom is 0.134 e. The van der Waals surface area contributed by atoms with Crippen molar-refractivity contribution in [2.24, 2.45) is 0 Å². The quantitative estimate of drug-likeness (QED) is 0.659. The van der Waals surface area contributed by atoms with Gasteiger partial charge in [-0.3, -0.25) is 4.79 Å². The molecule has 1 aromatic rings. The van der Waals surface area contributed by atoms with Gasteiger partial charge in [0.1, 0.15) is 5.78 Å². The Labute approximate surface area is 74.0 Å². The molecule has 1 saturated carbocycles. The van der Waals surface area contributed by atoms with Gasteiger partial charge >= 0.3 is 0 Å². The monoisotopic (exact) mass is 186 g/mol. The van der Waals surface area contributed by atoms with E-state index in [2.05, 4.69) is 0 Å². The van der Waals surface area contributed by atoms with Crippen LogP contribution in [0.1, 0.15) is 24.3 Å². The molecule has 0 aromatic carbocycles. The van der Waals surface area contributed by atoms with E-state index in [1.165, 1.54) is 16.9 Å². The van der Waals surface area contributed by atoms with Gasteiger partial charge in [0.05, 0.1) is 4.34 Å². The van der Waals surface area contributed by atoms with Gasteiger partial charge in [-0.2, -0.15) is 0 Å². The van der Waals surface area contributed by atoms with Crippen LogP contribution in [-0.4, -0.2) is 5.78 Å². The van der Waals surface area contributed by atoms with Crippen LogP contribution in [0, 0.1) is 0 Å². The van der Waals surface area contributed by atoms with Gasteiger partial charge in [-0.05, 0) is 22.9 Å². The Bertz CT molecular complexity index is 284. The minimum absolute atomic E-state index is 0.373. The van der Waals surface area contributed by atoms with Gasteiger partial charge in [0, 0.05) is 12.8 Å². The summed E-state index contributed by atoms with van der Waals surface area (Å²) in [5.74, 6) is 0.837. The zero-order chi connectivity index (χ0) is 7.84. The highest BCUT2D eigenvalue weighted by atomic mass is 35.5. The molecule has 1 aliphatic carbocycles. The number of carbonyl (C=O) groups excluding carboxylic acids is 1.